The van der Waals surface area contributed by atoms with E-state index in [9.17, 15) is 14.7 Å². The van der Waals surface area contributed by atoms with Crippen molar-refractivity contribution in [1.29, 1.82) is 0 Å². The molecule has 2 unspecified atom stereocenters. The number of nitrogens with one attached hydrogen (secondary N) is 1. The fourth-order valence-electron chi connectivity index (χ4n) is 2.51. The zero-order chi connectivity index (χ0) is 15.2. The normalized spacial score (nSPS) is 20.7. The van der Waals surface area contributed by atoms with E-state index in [1.54, 1.807) is 19.2 Å². The molecule has 2 N–H and O–H groups in total. The summed E-state index contributed by atoms with van der Waals surface area (Å²) in [6, 6.07) is 8.66. The maximum atomic E-state index is 11.9. The monoisotopic (exact) mass is 292 g/mol. The molecule has 1 fully saturated rings. The van der Waals surface area contributed by atoms with Crippen LogP contribution in [-0.2, 0) is 14.3 Å². The van der Waals surface area contributed by atoms with E-state index < -0.39 is 17.9 Å². The largest absolute Gasteiger partial charge is 0.481 e. The summed E-state index contributed by atoms with van der Waals surface area (Å²) < 4.78 is 5.33. The molecule has 114 valence electrons. The van der Waals surface area contributed by atoms with Gasteiger partial charge < -0.3 is 15.2 Å². The summed E-state index contributed by atoms with van der Waals surface area (Å²) in [6.07, 6.45) is 0. The molecule has 1 heterocycles. The van der Waals surface area contributed by atoms with Gasteiger partial charge in [-0.1, -0.05) is 30.3 Å². The van der Waals surface area contributed by atoms with Crippen LogP contribution < -0.4 is 5.32 Å². The predicted octanol–water partition coefficient (Wildman–Crippen LogP) is 0.302. The maximum absolute atomic E-state index is 11.9. The Balaban J connectivity index is 2.15. The van der Waals surface area contributed by atoms with E-state index in [0.717, 1.165) is 5.56 Å². The number of carboxylic acid groups (broad SMARTS) is 1. The Morgan fingerprint density at radius 1 is 1.43 bits per heavy atom. The van der Waals surface area contributed by atoms with Gasteiger partial charge in [-0.3, -0.25) is 14.5 Å². The zero-order valence-corrected chi connectivity index (χ0v) is 12.0. The van der Waals surface area contributed by atoms with Crippen LogP contribution in [-0.4, -0.2) is 61.3 Å². The fourth-order valence-corrected chi connectivity index (χ4v) is 2.51. The number of rotatable bonds is 5. The lowest BCUT2D eigenvalue weighted by atomic mass is 9.97. The number of carbonyl (C=O) groups excluding carboxylic acids is 1. The van der Waals surface area contributed by atoms with Gasteiger partial charge in [0.1, 0.15) is 6.04 Å². The SMILES string of the molecule is CNC(=O)C1COCCN1CC(C(=O)O)c1ccccc1. The van der Waals surface area contributed by atoms with Crippen molar-refractivity contribution in [2.45, 2.75) is 12.0 Å². The number of nitrogens with zero attached hydrogens (tertiary/aromatic N) is 1. The average molecular weight is 292 g/mol. The topological polar surface area (TPSA) is 78.9 Å². The summed E-state index contributed by atoms with van der Waals surface area (Å²) in [5.74, 6) is -1.69. The van der Waals surface area contributed by atoms with E-state index in [-0.39, 0.29) is 5.91 Å². The Labute approximate surface area is 123 Å². The predicted molar refractivity (Wildman–Crippen MR) is 77.1 cm³/mol. The second-order valence-electron chi connectivity index (χ2n) is 5.00. The molecular weight excluding hydrogens is 272 g/mol. The number of carboxylic acids is 1. The first-order valence-corrected chi connectivity index (χ1v) is 6.94. The number of benzene rings is 1. The van der Waals surface area contributed by atoms with Crippen molar-refractivity contribution in [2.75, 3.05) is 33.4 Å². The lowest BCUT2D eigenvalue weighted by Crippen LogP contribution is -2.54. The first-order valence-electron chi connectivity index (χ1n) is 6.94. The maximum Gasteiger partial charge on any atom is 0.312 e. The van der Waals surface area contributed by atoms with E-state index in [4.69, 9.17) is 4.74 Å². The molecule has 1 aliphatic rings. The Kier molecular flexibility index (Phi) is 5.30. The lowest BCUT2D eigenvalue weighted by Gasteiger charge is -2.35. The molecule has 6 nitrogen and oxygen atoms in total. The van der Waals surface area contributed by atoms with Gasteiger partial charge in [0, 0.05) is 20.1 Å². The van der Waals surface area contributed by atoms with Gasteiger partial charge in [0.2, 0.25) is 5.91 Å². The Morgan fingerprint density at radius 3 is 2.76 bits per heavy atom. The summed E-state index contributed by atoms with van der Waals surface area (Å²) in [4.78, 5) is 25.3. The minimum atomic E-state index is -0.886. The number of carbonyl (C=O) groups is 2. The molecule has 0 radical (unpaired) electrons. The third kappa shape index (κ3) is 3.80. The Morgan fingerprint density at radius 2 is 2.14 bits per heavy atom. The van der Waals surface area contributed by atoms with Gasteiger partial charge in [0.25, 0.3) is 0 Å². The van der Waals surface area contributed by atoms with Gasteiger partial charge in [-0.15, -0.1) is 0 Å². The smallest absolute Gasteiger partial charge is 0.312 e. The van der Waals surface area contributed by atoms with Crippen LogP contribution in [0.5, 0.6) is 0 Å². The minimum Gasteiger partial charge on any atom is -0.481 e. The van der Waals surface area contributed by atoms with E-state index in [1.807, 2.05) is 23.1 Å². The molecule has 0 bridgehead atoms. The summed E-state index contributed by atoms with van der Waals surface area (Å²) in [5.41, 5.74) is 0.743. The van der Waals surface area contributed by atoms with Gasteiger partial charge in [0.05, 0.1) is 19.1 Å². The van der Waals surface area contributed by atoms with Gasteiger partial charge in [-0.05, 0) is 5.56 Å². The molecule has 1 saturated heterocycles. The standard InChI is InChI=1S/C15H20N2O4/c1-16-14(18)13-10-21-8-7-17(13)9-12(15(19)20)11-5-3-2-4-6-11/h2-6,12-13H,7-10H2,1H3,(H,16,18)(H,19,20). The quantitative estimate of drug-likeness (QED) is 0.816. The van der Waals surface area contributed by atoms with Crippen LogP contribution in [0.3, 0.4) is 0 Å². The van der Waals surface area contributed by atoms with Crippen LogP contribution in [0.2, 0.25) is 0 Å². The number of likely N-dealkylation sites (N-methyl/N-ethyl adjacent to an activating group) is 1. The second-order valence-corrected chi connectivity index (χ2v) is 5.00. The van der Waals surface area contributed by atoms with Gasteiger partial charge in [-0.2, -0.15) is 0 Å². The molecule has 2 rings (SSSR count). The number of aliphatic carboxylic acids is 1. The molecule has 1 aromatic rings. The van der Waals surface area contributed by atoms with E-state index in [2.05, 4.69) is 5.32 Å². The Hall–Kier alpha value is -1.92. The molecule has 0 saturated carbocycles. The lowest BCUT2D eigenvalue weighted by molar-refractivity contribution is -0.142. The number of amides is 1. The summed E-state index contributed by atoms with van der Waals surface area (Å²) >= 11 is 0. The highest BCUT2D eigenvalue weighted by atomic mass is 16.5. The van der Waals surface area contributed by atoms with Crippen molar-refractivity contribution in [3.8, 4) is 0 Å². The van der Waals surface area contributed by atoms with Crippen LogP contribution in [0, 0.1) is 0 Å². The molecular formula is C15H20N2O4. The fraction of sp³-hybridized carbons (Fsp3) is 0.467. The molecule has 2 atom stereocenters. The van der Waals surface area contributed by atoms with Crippen LogP contribution in [0.15, 0.2) is 30.3 Å². The van der Waals surface area contributed by atoms with Crippen molar-refractivity contribution in [3.63, 3.8) is 0 Å². The highest BCUT2D eigenvalue weighted by Crippen LogP contribution is 2.20. The first kappa shape index (κ1) is 15.5. The third-order valence-electron chi connectivity index (χ3n) is 3.71. The van der Waals surface area contributed by atoms with Crippen molar-refractivity contribution in [2.24, 2.45) is 0 Å². The molecule has 21 heavy (non-hydrogen) atoms. The Bertz CT molecular complexity index is 492. The highest BCUT2D eigenvalue weighted by Gasteiger charge is 2.32. The summed E-state index contributed by atoms with van der Waals surface area (Å²) in [6.45, 7) is 1.64. The van der Waals surface area contributed by atoms with Gasteiger partial charge in [0.15, 0.2) is 0 Å². The summed E-state index contributed by atoms with van der Waals surface area (Å²) in [7, 11) is 1.57. The molecule has 1 aromatic carbocycles. The van der Waals surface area contributed by atoms with Crippen LogP contribution in [0.1, 0.15) is 11.5 Å². The van der Waals surface area contributed by atoms with E-state index in [0.29, 0.717) is 26.3 Å². The molecule has 1 aliphatic heterocycles. The molecule has 6 heteroatoms. The number of ether oxygens (including phenoxy) is 1. The number of hydrogen-bond donors (Lipinski definition) is 2. The van der Waals surface area contributed by atoms with Gasteiger partial charge in [-0.25, -0.2) is 0 Å². The van der Waals surface area contributed by atoms with Crippen molar-refractivity contribution < 1.29 is 19.4 Å². The molecule has 0 aromatic heterocycles. The number of hydrogen-bond acceptors (Lipinski definition) is 4. The molecule has 0 spiro atoms. The van der Waals surface area contributed by atoms with Crippen LogP contribution >= 0.6 is 0 Å². The molecule has 1 amide bonds. The minimum absolute atomic E-state index is 0.146. The first-order chi connectivity index (χ1) is 10.1. The van der Waals surface area contributed by atoms with Gasteiger partial charge >= 0.3 is 5.97 Å². The van der Waals surface area contributed by atoms with Crippen molar-refractivity contribution in [3.05, 3.63) is 35.9 Å². The highest BCUT2D eigenvalue weighted by molar-refractivity contribution is 5.82. The summed E-state index contributed by atoms with van der Waals surface area (Å²) in [5, 5.41) is 12.1. The van der Waals surface area contributed by atoms with E-state index in [1.165, 1.54) is 0 Å². The third-order valence-corrected chi connectivity index (χ3v) is 3.71. The van der Waals surface area contributed by atoms with Crippen molar-refractivity contribution in [1.82, 2.24) is 10.2 Å². The average Bonchev–Trinajstić information content (AvgIpc) is 2.52. The van der Waals surface area contributed by atoms with Crippen molar-refractivity contribution >= 4 is 11.9 Å². The number of morpholine rings is 1. The van der Waals surface area contributed by atoms with Crippen LogP contribution in [0.4, 0.5) is 0 Å². The van der Waals surface area contributed by atoms with E-state index >= 15 is 0 Å². The zero-order valence-electron chi connectivity index (χ0n) is 12.0. The molecule has 0 aliphatic carbocycles. The van der Waals surface area contributed by atoms with Crippen LogP contribution in [0.25, 0.3) is 0 Å². The second kappa shape index (κ2) is 7.19.